The number of fused-ring (bicyclic) bond motifs is 1. The molecule has 1 aliphatic carbocycles. The van der Waals surface area contributed by atoms with Crippen molar-refractivity contribution in [3.05, 3.63) is 0 Å². The van der Waals surface area contributed by atoms with E-state index in [2.05, 4.69) is 0 Å². The average Bonchev–Trinajstić information content (AvgIpc) is 2.15. The Hall–Kier alpha value is -0.0800. The number of hydrogen-bond donors (Lipinski definition) is 0. The van der Waals surface area contributed by atoms with Gasteiger partial charge in [-0.2, -0.15) is 0 Å². The van der Waals surface area contributed by atoms with Crippen LogP contribution in [0.5, 0.6) is 0 Å². The summed E-state index contributed by atoms with van der Waals surface area (Å²) in [5.74, 6) is 0. The minimum absolute atomic E-state index is 0.454. The lowest BCUT2D eigenvalue weighted by atomic mass is 10.3. The molecule has 2 unspecified atom stereocenters. The molecule has 0 aromatic carbocycles. The maximum Gasteiger partial charge on any atom is 0.147 e. The van der Waals surface area contributed by atoms with Crippen molar-refractivity contribution >= 4 is 0 Å². The van der Waals surface area contributed by atoms with Crippen molar-refractivity contribution in [2.75, 3.05) is 6.79 Å². The van der Waals surface area contributed by atoms with Crippen molar-refractivity contribution < 1.29 is 9.47 Å². The van der Waals surface area contributed by atoms with E-state index in [0.717, 1.165) is 0 Å². The molecule has 2 aliphatic rings. The first kappa shape index (κ1) is 4.77. The van der Waals surface area contributed by atoms with Gasteiger partial charge >= 0.3 is 0 Å². The minimum Gasteiger partial charge on any atom is -0.349 e. The summed E-state index contributed by atoms with van der Waals surface area (Å²) in [4.78, 5) is 0. The van der Waals surface area contributed by atoms with Crippen LogP contribution < -0.4 is 0 Å². The third-order valence-corrected chi connectivity index (χ3v) is 1.96. The van der Waals surface area contributed by atoms with Gasteiger partial charge in [-0.05, 0) is 19.3 Å². The van der Waals surface area contributed by atoms with Gasteiger partial charge in [0.1, 0.15) is 6.79 Å². The number of hydrogen-bond acceptors (Lipinski definition) is 2. The van der Waals surface area contributed by atoms with E-state index in [4.69, 9.17) is 9.47 Å². The van der Waals surface area contributed by atoms with Crippen LogP contribution in [-0.2, 0) is 9.47 Å². The van der Waals surface area contributed by atoms with E-state index in [1.807, 2.05) is 0 Å². The summed E-state index contributed by atoms with van der Waals surface area (Å²) in [6, 6.07) is 0. The van der Waals surface area contributed by atoms with Crippen LogP contribution in [0.1, 0.15) is 19.3 Å². The Bertz CT molecular complexity index is 72.5. The van der Waals surface area contributed by atoms with Crippen LogP contribution >= 0.6 is 0 Å². The van der Waals surface area contributed by atoms with Crippen molar-refractivity contribution in [3.63, 3.8) is 0 Å². The second-order valence-electron chi connectivity index (χ2n) is 2.46. The van der Waals surface area contributed by atoms with E-state index in [9.17, 15) is 0 Å². The summed E-state index contributed by atoms with van der Waals surface area (Å²) in [6.07, 6.45) is 4.62. The van der Waals surface area contributed by atoms with Crippen molar-refractivity contribution in [1.29, 1.82) is 0 Å². The van der Waals surface area contributed by atoms with E-state index < -0.39 is 0 Å². The summed E-state index contributed by atoms with van der Waals surface area (Å²) < 4.78 is 10.5. The summed E-state index contributed by atoms with van der Waals surface area (Å²) in [5.41, 5.74) is 0. The second-order valence-corrected chi connectivity index (χ2v) is 2.46. The molecule has 46 valence electrons. The third-order valence-electron chi connectivity index (χ3n) is 1.96. The lowest BCUT2D eigenvalue weighted by molar-refractivity contribution is 0.0294. The highest BCUT2D eigenvalue weighted by Crippen LogP contribution is 2.28. The Morgan fingerprint density at radius 1 is 1.00 bits per heavy atom. The van der Waals surface area contributed by atoms with Crippen LogP contribution in [0.3, 0.4) is 0 Å². The van der Waals surface area contributed by atoms with Gasteiger partial charge in [-0.1, -0.05) is 0 Å². The molecule has 0 amide bonds. The van der Waals surface area contributed by atoms with Gasteiger partial charge in [0, 0.05) is 0 Å². The molecule has 2 atom stereocenters. The zero-order chi connectivity index (χ0) is 5.40. The van der Waals surface area contributed by atoms with E-state index >= 15 is 0 Å². The van der Waals surface area contributed by atoms with Crippen LogP contribution in [0.4, 0.5) is 0 Å². The van der Waals surface area contributed by atoms with Crippen LogP contribution in [0.15, 0.2) is 0 Å². The first-order chi connectivity index (χ1) is 3.97. The predicted octanol–water partition coefficient (Wildman–Crippen LogP) is 0.912. The van der Waals surface area contributed by atoms with E-state index in [0.29, 0.717) is 19.0 Å². The Morgan fingerprint density at radius 2 is 1.62 bits per heavy atom. The van der Waals surface area contributed by atoms with Crippen molar-refractivity contribution in [1.82, 2.24) is 0 Å². The fourth-order valence-electron chi connectivity index (χ4n) is 1.49. The summed E-state index contributed by atoms with van der Waals surface area (Å²) in [7, 11) is 0. The molecule has 2 rings (SSSR count). The van der Waals surface area contributed by atoms with E-state index in [1.54, 1.807) is 0 Å². The molecular formula is C6H10O2. The zero-order valence-electron chi connectivity index (χ0n) is 4.80. The fourth-order valence-corrected chi connectivity index (χ4v) is 1.49. The minimum atomic E-state index is 0.454. The highest BCUT2D eigenvalue weighted by atomic mass is 16.7. The summed E-state index contributed by atoms with van der Waals surface area (Å²) >= 11 is 0. The summed E-state index contributed by atoms with van der Waals surface area (Å²) in [5, 5.41) is 0. The van der Waals surface area contributed by atoms with Crippen LogP contribution in [0.25, 0.3) is 0 Å². The van der Waals surface area contributed by atoms with Crippen LogP contribution in [0.2, 0.25) is 0 Å². The average molecular weight is 114 g/mol. The monoisotopic (exact) mass is 114 g/mol. The molecule has 2 fully saturated rings. The van der Waals surface area contributed by atoms with Gasteiger partial charge in [-0.25, -0.2) is 0 Å². The van der Waals surface area contributed by atoms with Gasteiger partial charge in [0.2, 0.25) is 0 Å². The highest BCUT2D eigenvalue weighted by Gasteiger charge is 2.33. The SMILES string of the molecule is C1CC2OCOC2C1. The maximum atomic E-state index is 5.25. The molecule has 1 saturated carbocycles. The van der Waals surface area contributed by atoms with Gasteiger partial charge in [-0.3, -0.25) is 0 Å². The number of ether oxygens (including phenoxy) is 2. The van der Waals surface area contributed by atoms with E-state index in [-0.39, 0.29) is 0 Å². The predicted molar refractivity (Wildman–Crippen MR) is 28.5 cm³/mol. The van der Waals surface area contributed by atoms with Crippen LogP contribution in [0, 0.1) is 0 Å². The van der Waals surface area contributed by atoms with Gasteiger partial charge in [0.25, 0.3) is 0 Å². The van der Waals surface area contributed by atoms with Gasteiger partial charge in [0.15, 0.2) is 0 Å². The molecule has 2 nitrogen and oxygen atoms in total. The first-order valence-electron chi connectivity index (χ1n) is 3.20. The first-order valence-corrected chi connectivity index (χ1v) is 3.20. The Balaban J connectivity index is 2.04. The molecule has 0 N–H and O–H groups in total. The highest BCUT2D eigenvalue weighted by molar-refractivity contribution is 4.80. The topological polar surface area (TPSA) is 18.5 Å². The van der Waals surface area contributed by atoms with Gasteiger partial charge in [0.05, 0.1) is 12.2 Å². The Morgan fingerprint density at radius 3 is 2.25 bits per heavy atom. The molecule has 8 heavy (non-hydrogen) atoms. The lowest BCUT2D eigenvalue weighted by Gasteiger charge is -2.01. The smallest absolute Gasteiger partial charge is 0.147 e. The third kappa shape index (κ3) is 0.565. The van der Waals surface area contributed by atoms with E-state index in [1.165, 1.54) is 19.3 Å². The van der Waals surface area contributed by atoms with Crippen LogP contribution in [-0.4, -0.2) is 19.0 Å². The van der Waals surface area contributed by atoms with Crippen molar-refractivity contribution in [3.8, 4) is 0 Å². The van der Waals surface area contributed by atoms with Crippen molar-refractivity contribution in [2.24, 2.45) is 0 Å². The molecule has 0 aromatic rings. The molecular weight excluding hydrogens is 104 g/mol. The molecule has 0 radical (unpaired) electrons. The largest absolute Gasteiger partial charge is 0.349 e. The molecule has 1 heterocycles. The summed E-state index contributed by atoms with van der Waals surface area (Å²) in [6.45, 7) is 0.537. The maximum absolute atomic E-state index is 5.25. The molecule has 0 aromatic heterocycles. The molecule has 0 spiro atoms. The normalized spacial score (nSPS) is 45.0. The van der Waals surface area contributed by atoms with Crippen molar-refractivity contribution in [2.45, 2.75) is 31.5 Å². The Kier molecular flexibility index (Phi) is 1.02. The molecule has 1 aliphatic heterocycles. The fraction of sp³-hybridized carbons (Fsp3) is 1.00. The molecule has 0 bridgehead atoms. The quantitative estimate of drug-likeness (QED) is 0.466. The lowest BCUT2D eigenvalue weighted by Crippen LogP contribution is -2.13. The standard InChI is InChI=1S/C6H10O2/c1-2-5-6(3-1)8-4-7-5/h5-6H,1-4H2. The molecule has 2 heteroatoms. The van der Waals surface area contributed by atoms with Gasteiger partial charge in [-0.15, -0.1) is 0 Å². The second kappa shape index (κ2) is 1.71. The molecule has 1 saturated heterocycles. The Labute approximate surface area is 48.8 Å². The number of rotatable bonds is 0. The zero-order valence-corrected chi connectivity index (χ0v) is 4.80. The van der Waals surface area contributed by atoms with Gasteiger partial charge < -0.3 is 9.47 Å².